The van der Waals surface area contributed by atoms with E-state index in [0.717, 1.165) is 22.3 Å². The highest BCUT2D eigenvalue weighted by Crippen LogP contribution is 2.57. The SMILES string of the molecule is Cc1ccccc1C1CNC(=O)C[C@H](c2cccc(Cl)c2)C12C(=O)Nc1cc(Cl)ccc12. The van der Waals surface area contributed by atoms with Crippen molar-refractivity contribution < 1.29 is 9.59 Å². The molecule has 6 heteroatoms. The largest absolute Gasteiger partial charge is 0.355 e. The van der Waals surface area contributed by atoms with Crippen molar-refractivity contribution in [3.63, 3.8) is 0 Å². The molecule has 3 aromatic carbocycles. The first kappa shape index (κ1) is 21.0. The van der Waals surface area contributed by atoms with Gasteiger partial charge in [0, 0.05) is 40.5 Å². The summed E-state index contributed by atoms with van der Waals surface area (Å²) < 4.78 is 0. The summed E-state index contributed by atoms with van der Waals surface area (Å²) in [7, 11) is 0. The molecule has 0 aliphatic carbocycles. The quantitative estimate of drug-likeness (QED) is 0.519. The minimum atomic E-state index is -1.00. The number of anilines is 1. The number of carbonyl (C=O) groups is 2. The third kappa shape index (κ3) is 3.21. The lowest BCUT2D eigenvalue weighted by atomic mass is 9.58. The second kappa shape index (κ2) is 7.95. The second-order valence-corrected chi connectivity index (χ2v) is 9.41. The Hall–Kier alpha value is -2.82. The van der Waals surface area contributed by atoms with Crippen molar-refractivity contribution in [2.45, 2.75) is 30.6 Å². The van der Waals surface area contributed by atoms with Gasteiger partial charge in [0.15, 0.2) is 0 Å². The lowest BCUT2D eigenvalue weighted by Gasteiger charge is -2.41. The fourth-order valence-corrected chi connectivity index (χ4v) is 5.87. The molecular weight excluding hydrogens is 443 g/mol. The molecule has 2 aliphatic rings. The summed E-state index contributed by atoms with van der Waals surface area (Å²) in [6, 6.07) is 21.1. The average molecular weight is 465 g/mol. The first-order valence-electron chi connectivity index (χ1n) is 10.6. The maximum atomic E-state index is 14.0. The highest BCUT2D eigenvalue weighted by Gasteiger charge is 2.59. The van der Waals surface area contributed by atoms with Crippen LogP contribution < -0.4 is 10.6 Å². The number of hydrogen-bond acceptors (Lipinski definition) is 2. The molecule has 1 spiro atoms. The van der Waals surface area contributed by atoms with Crippen molar-refractivity contribution in [1.82, 2.24) is 5.32 Å². The van der Waals surface area contributed by atoms with Crippen LogP contribution in [0.5, 0.6) is 0 Å². The normalized spacial score (nSPS) is 24.6. The molecule has 3 atom stereocenters. The van der Waals surface area contributed by atoms with Crippen molar-refractivity contribution in [2.75, 3.05) is 11.9 Å². The molecule has 2 heterocycles. The smallest absolute Gasteiger partial charge is 0.236 e. The fraction of sp³-hybridized carbons (Fsp3) is 0.231. The first-order valence-corrected chi connectivity index (χ1v) is 11.4. The Kier molecular flexibility index (Phi) is 5.23. The van der Waals surface area contributed by atoms with Gasteiger partial charge in [-0.05, 0) is 53.4 Å². The number of rotatable bonds is 2. The van der Waals surface area contributed by atoms with Gasteiger partial charge >= 0.3 is 0 Å². The lowest BCUT2D eigenvalue weighted by molar-refractivity contribution is -0.123. The van der Waals surface area contributed by atoms with Gasteiger partial charge in [-0.3, -0.25) is 9.59 Å². The van der Waals surface area contributed by atoms with E-state index in [2.05, 4.69) is 16.7 Å². The van der Waals surface area contributed by atoms with Gasteiger partial charge in [0.05, 0.1) is 5.41 Å². The molecule has 2 N–H and O–H groups in total. The van der Waals surface area contributed by atoms with Crippen LogP contribution in [0, 0.1) is 6.92 Å². The zero-order valence-corrected chi connectivity index (χ0v) is 19.0. The first-order chi connectivity index (χ1) is 15.4. The van der Waals surface area contributed by atoms with E-state index in [9.17, 15) is 9.59 Å². The van der Waals surface area contributed by atoms with Gasteiger partial charge in [-0.25, -0.2) is 0 Å². The number of hydrogen-bond donors (Lipinski definition) is 2. The fourth-order valence-electron chi connectivity index (χ4n) is 5.50. The zero-order chi connectivity index (χ0) is 22.5. The highest BCUT2D eigenvalue weighted by atomic mass is 35.5. The molecular formula is C26H22Cl2N2O2. The molecule has 2 unspecified atom stereocenters. The summed E-state index contributed by atoms with van der Waals surface area (Å²) in [6.07, 6.45) is 0.179. The Morgan fingerprint density at radius 3 is 2.47 bits per heavy atom. The van der Waals surface area contributed by atoms with Crippen molar-refractivity contribution in [3.05, 3.63) is 99.0 Å². The molecule has 4 nitrogen and oxygen atoms in total. The number of benzene rings is 3. The van der Waals surface area contributed by atoms with Crippen LogP contribution in [-0.2, 0) is 15.0 Å². The zero-order valence-electron chi connectivity index (χ0n) is 17.5. The maximum absolute atomic E-state index is 14.0. The number of fused-ring (bicyclic) bond motifs is 2. The average Bonchev–Trinajstić information content (AvgIpc) is 2.94. The standard InChI is InChI=1S/C26H22Cl2N2O2/c1-15-5-2-3-8-19(15)22-14-29-24(31)13-21(16-6-4-7-17(27)11-16)26(22)20-10-9-18(28)12-23(20)30-25(26)32/h2-12,21-22H,13-14H2,1H3,(H,29,31)(H,30,32)/t21-,22?,26?/m1/s1. The van der Waals surface area contributed by atoms with Gasteiger partial charge in [-0.1, -0.05) is 65.7 Å². The van der Waals surface area contributed by atoms with Crippen LogP contribution in [0.2, 0.25) is 10.0 Å². The van der Waals surface area contributed by atoms with Crippen LogP contribution in [0.15, 0.2) is 66.7 Å². The van der Waals surface area contributed by atoms with Gasteiger partial charge in [0.1, 0.15) is 0 Å². The van der Waals surface area contributed by atoms with Gasteiger partial charge < -0.3 is 10.6 Å². The summed E-state index contributed by atoms with van der Waals surface area (Å²) in [6.45, 7) is 2.40. The minimum absolute atomic E-state index is 0.0827. The summed E-state index contributed by atoms with van der Waals surface area (Å²) >= 11 is 12.6. The highest BCUT2D eigenvalue weighted by molar-refractivity contribution is 6.31. The lowest BCUT2D eigenvalue weighted by Crippen LogP contribution is -2.47. The number of nitrogens with one attached hydrogen (secondary N) is 2. The van der Waals surface area contributed by atoms with Crippen molar-refractivity contribution >= 4 is 40.7 Å². The molecule has 162 valence electrons. The van der Waals surface area contributed by atoms with E-state index >= 15 is 0 Å². The molecule has 0 radical (unpaired) electrons. The van der Waals surface area contributed by atoms with Crippen LogP contribution in [0.25, 0.3) is 0 Å². The van der Waals surface area contributed by atoms with E-state index < -0.39 is 11.3 Å². The molecule has 5 rings (SSSR count). The Morgan fingerprint density at radius 2 is 1.69 bits per heavy atom. The van der Waals surface area contributed by atoms with E-state index in [4.69, 9.17) is 23.2 Å². The maximum Gasteiger partial charge on any atom is 0.236 e. The third-order valence-corrected chi connectivity index (χ3v) is 7.33. The molecule has 2 aliphatic heterocycles. The molecule has 0 aromatic heterocycles. The van der Waals surface area contributed by atoms with Crippen LogP contribution in [0.1, 0.15) is 40.5 Å². The summed E-state index contributed by atoms with van der Waals surface area (Å²) in [5.41, 5.74) is 3.54. The number of amides is 2. The van der Waals surface area contributed by atoms with Crippen molar-refractivity contribution in [1.29, 1.82) is 0 Å². The Bertz CT molecular complexity index is 1240. The summed E-state index contributed by atoms with van der Waals surface area (Å²) in [5.74, 6) is -0.887. The number of carbonyl (C=O) groups excluding carboxylic acids is 2. The van der Waals surface area contributed by atoms with Gasteiger partial charge in [0.25, 0.3) is 0 Å². The second-order valence-electron chi connectivity index (χ2n) is 8.54. The van der Waals surface area contributed by atoms with E-state index in [1.165, 1.54) is 0 Å². The van der Waals surface area contributed by atoms with Crippen LogP contribution >= 0.6 is 23.2 Å². The van der Waals surface area contributed by atoms with Crippen LogP contribution in [0.3, 0.4) is 0 Å². The van der Waals surface area contributed by atoms with Crippen LogP contribution in [0.4, 0.5) is 5.69 Å². The van der Waals surface area contributed by atoms with E-state index in [-0.39, 0.29) is 24.2 Å². The predicted octanol–water partition coefficient (Wildman–Crippen LogP) is 5.58. The van der Waals surface area contributed by atoms with Gasteiger partial charge in [-0.15, -0.1) is 0 Å². The Morgan fingerprint density at radius 1 is 0.906 bits per heavy atom. The van der Waals surface area contributed by atoms with Crippen molar-refractivity contribution in [3.8, 4) is 0 Å². The monoisotopic (exact) mass is 464 g/mol. The Balaban J connectivity index is 1.85. The molecule has 0 bridgehead atoms. The summed E-state index contributed by atoms with van der Waals surface area (Å²) in [4.78, 5) is 26.9. The van der Waals surface area contributed by atoms with Crippen molar-refractivity contribution in [2.24, 2.45) is 0 Å². The molecule has 2 amide bonds. The predicted molar refractivity (Wildman–Crippen MR) is 127 cm³/mol. The molecule has 1 saturated heterocycles. The van der Waals surface area contributed by atoms with Gasteiger partial charge in [-0.2, -0.15) is 0 Å². The van der Waals surface area contributed by atoms with Gasteiger partial charge in [0.2, 0.25) is 11.8 Å². The molecule has 1 fully saturated rings. The Labute approximate surface area is 196 Å². The van der Waals surface area contributed by atoms with Crippen LogP contribution in [-0.4, -0.2) is 18.4 Å². The summed E-state index contributed by atoms with van der Waals surface area (Å²) in [5, 5.41) is 7.28. The molecule has 3 aromatic rings. The molecule has 32 heavy (non-hydrogen) atoms. The molecule has 0 saturated carbocycles. The topological polar surface area (TPSA) is 58.2 Å². The van der Waals surface area contributed by atoms with E-state index in [1.54, 1.807) is 12.1 Å². The van der Waals surface area contributed by atoms with E-state index in [1.807, 2.05) is 55.5 Å². The third-order valence-electron chi connectivity index (χ3n) is 6.86. The van der Waals surface area contributed by atoms with E-state index in [0.29, 0.717) is 22.3 Å². The minimum Gasteiger partial charge on any atom is -0.355 e. The number of aryl methyl sites for hydroxylation is 1. The number of halogens is 2.